The van der Waals surface area contributed by atoms with Crippen molar-refractivity contribution in [3.05, 3.63) is 58.7 Å². The van der Waals surface area contributed by atoms with Gasteiger partial charge in [0.2, 0.25) is 5.91 Å². The van der Waals surface area contributed by atoms with Crippen LogP contribution in [0.3, 0.4) is 0 Å². The van der Waals surface area contributed by atoms with Gasteiger partial charge < -0.3 is 24.6 Å². The molecule has 0 unspecified atom stereocenters. The Morgan fingerprint density at radius 2 is 1.38 bits per heavy atom. The van der Waals surface area contributed by atoms with Crippen molar-refractivity contribution in [3.63, 3.8) is 0 Å². The van der Waals surface area contributed by atoms with Crippen molar-refractivity contribution >= 4 is 23.8 Å². The lowest BCUT2D eigenvalue weighted by atomic mass is 9.93. The minimum atomic E-state index is -0.149. The van der Waals surface area contributed by atoms with E-state index in [1.165, 1.54) is 26.4 Å². The molecule has 32 heavy (non-hydrogen) atoms. The summed E-state index contributed by atoms with van der Waals surface area (Å²) >= 11 is 0. The smallest absolute Gasteiger partial charge is 0.226 e. The summed E-state index contributed by atoms with van der Waals surface area (Å²) in [5.74, 6) is 0.577. The fourth-order valence-electron chi connectivity index (χ4n) is 3.75. The van der Waals surface area contributed by atoms with Crippen LogP contribution < -0.4 is 9.47 Å². The monoisotopic (exact) mass is 435 g/mol. The number of methoxy groups -OCH3 is 2. The molecule has 1 saturated carbocycles. The van der Waals surface area contributed by atoms with Crippen LogP contribution in [0.4, 0.5) is 0 Å². The molecule has 1 amide bonds. The minimum Gasteiger partial charge on any atom is -0.504 e. The maximum Gasteiger partial charge on any atom is 0.226 e. The van der Waals surface area contributed by atoms with E-state index in [-0.39, 0.29) is 42.2 Å². The van der Waals surface area contributed by atoms with E-state index < -0.39 is 0 Å². The van der Waals surface area contributed by atoms with Crippen molar-refractivity contribution in [1.82, 2.24) is 4.90 Å². The lowest BCUT2D eigenvalue weighted by molar-refractivity contribution is -0.132. The van der Waals surface area contributed by atoms with Crippen molar-refractivity contribution in [3.8, 4) is 23.0 Å². The van der Waals surface area contributed by atoms with Crippen LogP contribution in [-0.2, 0) is 9.59 Å². The van der Waals surface area contributed by atoms with Crippen LogP contribution in [0.2, 0.25) is 0 Å². The second kappa shape index (κ2) is 8.78. The fourth-order valence-corrected chi connectivity index (χ4v) is 3.75. The summed E-state index contributed by atoms with van der Waals surface area (Å²) in [5.41, 5.74) is 2.34. The first-order valence-electron chi connectivity index (χ1n) is 10.4. The van der Waals surface area contributed by atoms with Gasteiger partial charge in [-0.2, -0.15) is 0 Å². The molecule has 1 heterocycles. The molecule has 166 valence electrons. The van der Waals surface area contributed by atoms with Crippen molar-refractivity contribution < 1.29 is 29.3 Å². The first kappa shape index (κ1) is 21.5. The summed E-state index contributed by atoms with van der Waals surface area (Å²) in [7, 11) is 2.92. The molecule has 4 rings (SSSR count). The van der Waals surface area contributed by atoms with Gasteiger partial charge in [0.05, 0.1) is 14.2 Å². The second-order valence-corrected chi connectivity index (χ2v) is 8.00. The van der Waals surface area contributed by atoms with Crippen LogP contribution in [0, 0.1) is 5.92 Å². The van der Waals surface area contributed by atoms with E-state index in [4.69, 9.17) is 9.47 Å². The lowest BCUT2D eigenvalue weighted by Crippen LogP contribution is -2.42. The largest absolute Gasteiger partial charge is 0.504 e. The number of amides is 1. The zero-order chi connectivity index (χ0) is 22.8. The second-order valence-electron chi connectivity index (χ2n) is 8.00. The van der Waals surface area contributed by atoms with Crippen molar-refractivity contribution in [1.29, 1.82) is 0 Å². The van der Waals surface area contributed by atoms with Gasteiger partial charge in [-0.15, -0.1) is 0 Å². The number of nitrogens with zero attached hydrogens (tertiary/aromatic N) is 1. The Labute approximate surface area is 186 Å². The lowest BCUT2D eigenvalue weighted by Gasteiger charge is -2.30. The SMILES string of the molecule is COc1cc(C=C2CN(C(=O)C3CC3)CC(=Cc3ccc(O)c(OC)c3)C2=O)ccc1O. The number of aromatic hydroxyl groups is 2. The average Bonchev–Trinajstić information content (AvgIpc) is 3.63. The van der Waals surface area contributed by atoms with E-state index in [1.54, 1.807) is 41.3 Å². The predicted octanol–water partition coefficient (Wildman–Crippen LogP) is 3.40. The van der Waals surface area contributed by atoms with Crippen molar-refractivity contribution in [2.45, 2.75) is 12.8 Å². The van der Waals surface area contributed by atoms with Gasteiger partial charge >= 0.3 is 0 Å². The van der Waals surface area contributed by atoms with Gasteiger partial charge in [-0.1, -0.05) is 12.1 Å². The summed E-state index contributed by atoms with van der Waals surface area (Å²) in [6, 6.07) is 9.68. The molecular formula is C25H25NO6. The highest BCUT2D eigenvalue weighted by Gasteiger charge is 2.37. The number of hydrogen-bond acceptors (Lipinski definition) is 6. The Morgan fingerprint density at radius 3 is 1.78 bits per heavy atom. The highest BCUT2D eigenvalue weighted by molar-refractivity contribution is 6.15. The third-order valence-corrected chi connectivity index (χ3v) is 5.63. The molecule has 0 spiro atoms. The van der Waals surface area contributed by atoms with Crippen LogP contribution in [0.5, 0.6) is 23.0 Å². The molecule has 1 aliphatic carbocycles. The van der Waals surface area contributed by atoms with Gasteiger partial charge in [-0.3, -0.25) is 9.59 Å². The minimum absolute atomic E-state index is 0.0111. The highest BCUT2D eigenvalue weighted by atomic mass is 16.5. The van der Waals surface area contributed by atoms with Gasteiger partial charge in [-0.25, -0.2) is 0 Å². The molecule has 0 aromatic heterocycles. The zero-order valence-corrected chi connectivity index (χ0v) is 18.0. The Morgan fingerprint density at radius 1 is 0.906 bits per heavy atom. The van der Waals surface area contributed by atoms with Gasteiger partial charge in [0.1, 0.15) is 0 Å². The molecule has 2 aromatic rings. The highest BCUT2D eigenvalue weighted by Crippen LogP contribution is 2.34. The number of piperidine rings is 1. The molecule has 1 saturated heterocycles. The van der Waals surface area contributed by atoms with E-state index in [2.05, 4.69) is 0 Å². The Balaban J connectivity index is 1.71. The normalized spacial score (nSPS) is 18.8. The molecular weight excluding hydrogens is 410 g/mol. The summed E-state index contributed by atoms with van der Waals surface area (Å²) in [4.78, 5) is 27.8. The first-order chi connectivity index (χ1) is 15.4. The van der Waals surface area contributed by atoms with E-state index in [0.717, 1.165) is 12.8 Å². The van der Waals surface area contributed by atoms with E-state index in [1.807, 2.05) is 0 Å². The maximum atomic E-state index is 13.3. The molecule has 7 heteroatoms. The molecule has 0 bridgehead atoms. The fraction of sp³-hybridized carbons (Fsp3) is 0.280. The number of ketones is 1. The molecule has 2 N–H and O–H groups in total. The summed E-state index contributed by atoms with van der Waals surface area (Å²) < 4.78 is 10.3. The molecule has 7 nitrogen and oxygen atoms in total. The molecule has 0 atom stereocenters. The first-order valence-corrected chi connectivity index (χ1v) is 10.4. The van der Waals surface area contributed by atoms with Gasteiger partial charge in [-0.05, 0) is 60.4 Å². The quantitative estimate of drug-likeness (QED) is 0.699. The number of Topliss-reactive ketones (excluding diaryl/α,β-unsaturated/α-hetero) is 1. The van der Waals surface area contributed by atoms with Crippen LogP contribution in [0.25, 0.3) is 12.2 Å². The number of phenols is 2. The topological polar surface area (TPSA) is 96.3 Å². The standard InChI is InChI=1S/C25H25NO6/c1-31-22-11-15(3-7-20(22)27)9-18-13-26(25(30)17-5-6-17)14-19(24(18)29)10-16-4-8-21(28)23(12-16)32-2/h3-4,7-12,17,27-28H,5-6,13-14H2,1-2H3. The van der Waals surface area contributed by atoms with E-state index in [0.29, 0.717) is 33.8 Å². The Bertz CT molecular complexity index is 1050. The Kier molecular flexibility index (Phi) is 5.90. The molecule has 2 aliphatic rings. The number of hydrogen-bond donors (Lipinski definition) is 2. The molecule has 2 fully saturated rings. The third-order valence-electron chi connectivity index (χ3n) is 5.63. The van der Waals surface area contributed by atoms with Gasteiger partial charge in [0.15, 0.2) is 28.8 Å². The number of ether oxygens (including phenoxy) is 2. The predicted molar refractivity (Wildman–Crippen MR) is 120 cm³/mol. The third kappa shape index (κ3) is 4.46. The summed E-state index contributed by atoms with van der Waals surface area (Å²) in [5, 5.41) is 19.7. The molecule has 1 aliphatic heterocycles. The maximum absolute atomic E-state index is 13.3. The number of carbonyl (C=O) groups is 2. The van der Waals surface area contributed by atoms with Crippen molar-refractivity contribution in [2.75, 3.05) is 27.3 Å². The van der Waals surface area contributed by atoms with Crippen LogP contribution in [0.1, 0.15) is 24.0 Å². The number of likely N-dealkylation sites (tertiary alicyclic amines) is 1. The summed E-state index contributed by atoms with van der Waals surface area (Å²) in [6.07, 6.45) is 5.21. The van der Waals surface area contributed by atoms with Crippen LogP contribution in [-0.4, -0.2) is 54.1 Å². The summed E-state index contributed by atoms with van der Waals surface area (Å²) in [6.45, 7) is 0.460. The Hall–Kier alpha value is -3.74. The number of carbonyl (C=O) groups excluding carboxylic acids is 2. The van der Waals surface area contributed by atoms with E-state index in [9.17, 15) is 19.8 Å². The average molecular weight is 435 g/mol. The van der Waals surface area contributed by atoms with Crippen molar-refractivity contribution in [2.24, 2.45) is 5.92 Å². The van der Waals surface area contributed by atoms with Gasteiger partial charge in [0.25, 0.3) is 0 Å². The number of benzene rings is 2. The zero-order valence-electron chi connectivity index (χ0n) is 18.0. The molecule has 0 radical (unpaired) electrons. The number of phenolic OH excluding ortho intramolecular Hbond substituents is 2. The van der Waals surface area contributed by atoms with E-state index >= 15 is 0 Å². The van der Waals surface area contributed by atoms with Crippen LogP contribution in [0.15, 0.2) is 47.5 Å². The molecule has 2 aromatic carbocycles. The van der Waals surface area contributed by atoms with Gasteiger partial charge in [0, 0.05) is 30.2 Å². The number of rotatable bonds is 5. The van der Waals surface area contributed by atoms with Crippen LogP contribution >= 0.6 is 0 Å².